The maximum absolute atomic E-state index is 12.2. The number of ether oxygens (including phenoxy) is 1. The van der Waals surface area contributed by atoms with Crippen LogP contribution in [-0.4, -0.2) is 11.6 Å². The predicted octanol–water partition coefficient (Wildman–Crippen LogP) is 5.52. The fourth-order valence-electron chi connectivity index (χ4n) is 2.31. The van der Waals surface area contributed by atoms with Crippen LogP contribution in [0.15, 0.2) is 12.7 Å². The predicted molar refractivity (Wildman–Crippen MR) is 86.7 cm³/mol. The first kappa shape index (κ1) is 19.2. The summed E-state index contributed by atoms with van der Waals surface area (Å²) in [7, 11) is 0. The van der Waals surface area contributed by atoms with Crippen LogP contribution in [0, 0.1) is 11.8 Å². The van der Waals surface area contributed by atoms with Gasteiger partial charge in [-0.25, -0.2) is 0 Å². The molecular formula is C18H34O2. The molecule has 2 atom stereocenters. The quantitative estimate of drug-likeness (QED) is 0.368. The Morgan fingerprint density at radius 3 is 2.40 bits per heavy atom. The third-order valence-electron chi connectivity index (χ3n) is 3.95. The largest absolute Gasteiger partial charge is 0.459 e. The molecule has 2 heteroatoms. The zero-order valence-electron chi connectivity index (χ0n) is 14.2. The molecule has 0 aromatic rings. The average molecular weight is 282 g/mol. The van der Waals surface area contributed by atoms with E-state index in [-0.39, 0.29) is 17.5 Å². The second-order valence-corrected chi connectivity index (χ2v) is 6.53. The summed E-state index contributed by atoms with van der Waals surface area (Å²) in [4.78, 5) is 12.2. The molecule has 0 saturated heterocycles. The van der Waals surface area contributed by atoms with E-state index in [1.807, 2.05) is 19.9 Å². The molecular weight excluding hydrogens is 248 g/mol. The fraction of sp³-hybridized carbons (Fsp3) is 0.833. The van der Waals surface area contributed by atoms with Crippen LogP contribution < -0.4 is 0 Å². The number of carbonyl (C=O) groups excluding carboxylic acids is 1. The topological polar surface area (TPSA) is 26.3 Å². The summed E-state index contributed by atoms with van der Waals surface area (Å²) in [6, 6.07) is 0. The van der Waals surface area contributed by atoms with Crippen molar-refractivity contribution in [2.45, 2.75) is 85.2 Å². The van der Waals surface area contributed by atoms with E-state index in [2.05, 4.69) is 27.4 Å². The minimum absolute atomic E-state index is 0.0114. The molecule has 0 N–H and O–H groups in total. The van der Waals surface area contributed by atoms with Crippen molar-refractivity contribution in [1.82, 2.24) is 0 Å². The fourth-order valence-corrected chi connectivity index (χ4v) is 2.31. The average Bonchev–Trinajstić information content (AvgIpc) is 2.38. The third kappa shape index (κ3) is 8.39. The van der Waals surface area contributed by atoms with E-state index in [0.29, 0.717) is 5.92 Å². The number of carbonyl (C=O) groups is 1. The molecule has 2 nitrogen and oxygen atoms in total. The van der Waals surface area contributed by atoms with E-state index in [1.54, 1.807) is 0 Å². The number of allylic oxidation sites excluding steroid dienone is 1. The normalized spacial score (nSPS) is 14.7. The van der Waals surface area contributed by atoms with Gasteiger partial charge in [0.1, 0.15) is 5.60 Å². The molecule has 0 amide bonds. The molecule has 20 heavy (non-hydrogen) atoms. The lowest BCUT2D eigenvalue weighted by Gasteiger charge is -2.28. The molecule has 0 radical (unpaired) electrons. The summed E-state index contributed by atoms with van der Waals surface area (Å²) in [5.74, 6) is 0.596. The highest BCUT2D eigenvalue weighted by Gasteiger charge is 2.26. The lowest BCUT2D eigenvalue weighted by atomic mass is 9.95. The SMILES string of the molecule is C=CC(C)CCCC(C)(C)OC(=O)C(CC)CCCC. The standard InChI is InChI=1S/C18H34O2/c1-7-10-13-16(9-3)17(19)20-18(5,6)14-11-12-15(4)8-2/h8,15-16H,2,7,9-14H2,1,3-6H3. The summed E-state index contributed by atoms with van der Waals surface area (Å²) < 4.78 is 5.74. The monoisotopic (exact) mass is 282 g/mol. The van der Waals surface area contributed by atoms with Crippen LogP contribution >= 0.6 is 0 Å². The number of hydrogen-bond donors (Lipinski definition) is 0. The molecule has 0 aromatic carbocycles. The summed E-state index contributed by atoms with van der Waals surface area (Å²) in [5, 5.41) is 0. The van der Waals surface area contributed by atoms with E-state index < -0.39 is 0 Å². The van der Waals surface area contributed by atoms with Gasteiger partial charge in [-0.1, -0.05) is 39.7 Å². The second-order valence-electron chi connectivity index (χ2n) is 6.53. The first-order chi connectivity index (χ1) is 9.36. The van der Waals surface area contributed by atoms with Gasteiger partial charge in [-0.15, -0.1) is 6.58 Å². The summed E-state index contributed by atoms with van der Waals surface area (Å²) in [5.41, 5.74) is -0.350. The third-order valence-corrected chi connectivity index (χ3v) is 3.95. The van der Waals surface area contributed by atoms with Gasteiger partial charge in [-0.05, 0) is 51.9 Å². The first-order valence-corrected chi connectivity index (χ1v) is 8.21. The van der Waals surface area contributed by atoms with Crippen LogP contribution in [-0.2, 0) is 9.53 Å². The highest BCUT2D eigenvalue weighted by Crippen LogP contribution is 2.24. The molecule has 0 aliphatic rings. The van der Waals surface area contributed by atoms with Crippen molar-refractivity contribution in [2.24, 2.45) is 11.8 Å². The van der Waals surface area contributed by atoms with Crippen molar-refractivity contribution >= 4 is 5.97 Å². The molecule has 0 rings (SSSR count). The molecule has 0 fully saturated rings. The summed E-state index contributed by atoms with van der Waals surface area (Å²) in [6.45, 7) is 14.2. The minimum Gasteiger partial charge on any atom is -0.459 e. The van der Waals surface area contributed by atoms with E-state index in [1.165, 1.54) is 0 Å². The zero-order chi connectivity index (χ0) is 15.6. The van der Waals surface area contributed by atoms with E-state index >= 15 is 0 Å². The lowest BCUT2D eigenvalue weighted by molar-refractivity contribution is -0.162. The van der Waals surface area contributed by atoms with Crippen LogP contribution in [0.4, 0.5) is 0 Å². The Morgan fingerprint density at radius 2 is 1.90 bits per heavy atom. The van der Waals surface area contributed by atoms with Crippen molar-refractivity contribution in [2.75, 3.05) is 0 Å². The van der Waals surface area contributed by atoms with Gasteiger partial charge < -0.3 is 4.74 Å². The smallest absolute Gasteiger partial charge is 0.309 e. The van der Waals surface area contributed by atoms with Crippen molar-refractivity contribution in [3.8, 4) is 0 Å². The molecule has 0 heterocycles. The van der Waals surface area contributed by atoms with Crippen molar-refractivity contribution in [3.05, 3.63) is 12.7 Å². The van der Waals surface area contributed by atoms with Crippen molar-refractivity contribution in [3.63, 3.8) is 0 Å². The molecule has 0 spiro atoms. The van der Waals surface area contributed by atoms with Crippen LogP contribution in [0.5, 0.6) is 0 Å². The molecule has 0 aliphatic carbocycles. The Labute approximate surface area is 126 Å². The number of unbranched alkanes of at least 4 members (excludes halogenated alkanes) is 1. The lowest BCUT2D eigenvalue weighted by Crippen LogP contribution is -2.31. The Kier molecular flexibility index (Phi) is 9.62. The van der Waals surface area contributed by atoms with Crippen molar-refractivity contribution in [1.29, 1.82) is 0 Å². The van der Waals surface area contributed by atoms with Gasteiger partial charge in [-0.2, -0.15) is 0 Å². The van der Waals surface area contributed by atoms with Gasteiger partial charge in [0.15, 0.2) is 0 Å². The maximum atomic E-state index is 12.2. The number of hydrogen-bond acceptors (Lipinski definition) is 2. The maximum Gasteiger partial charge on any atom is 0.309 e. The summed E-state index contributed by atoms with van der Waals surface area (Å²) in [6.07, 6.45) is 9.14. The highest BCUT2D eigenvalue weighted by molar-refractivity contribution is 5.72. The molecule has 118 valence electrons. The Bertz CT molecular complexity index is 281. The highest BCUT2D eigenvalue weighted by atomic mass is 16.6. The Morgan fingerprint density at radius 1 is 1.25 bits per heavy atom. The van der Waals surface area contributed by atoms with Gasteiger partial charge in [-0.3, -0.25) is 4.79 Å². The molecule has 2 unspecified atom stereocenters. The molecule has 0 aromatic heterocycles. The Hall–Kier alpha value is -0.790. The molecule has 0 bridgehead atoms. The van der Waals surface area contributed by atoms with Gasteiger partial charge in [0, 0.05) is 0 Å². The van der Waals surface area contributed by atoms with E-state index in [0.717, 1.165) is 44.9 Å². The first-order valence-electron chi connectivity index (χ1n) is 8.21. The van der Waals surface area contributed by atoms with E-state index in [9.17, 15) is 4.79 Å². The zero-order valence-corrected chi connectivity index (χ0v) is 14.2. The summed E-state index contributed by atoms with van der Waals surface area (Å²) >= 11 is 0. The second kappa shape index (κ2) is 10.0. The van der Waals surface area contributed by atoms with Crippen LogP contribution in [0.3, 0.4) is 0 Å². The van der Waals surface area contributed by atoms with Crippen LogP contribution in [0.25, 0.3) is 0 Å². The Balaban J connectivity index is 4.21. The number of esters is 1. The van der Waals surface area contributed by atoms with Gasteiger partial charge in [0.25, 0.3) is 0 Å². The van der Waals surface area contributed by atoms with Crippen LogP contribution in [0.2, 0.25) is 0 Å². The van der Waals surface area contributed by atoms with Gasteiger partial charge >= 0.3 is 5.97 Å². The minimum atomic E-state index is -0.350. The number of rotatable bonds is 11. The molecule has 0 aliphatic heterocycles. The van der Waals surface area contributed by atoms with Gasteiger partial charge in [0.05, 0.1) is 5.92 Å². The van der Waals surface area contributed by atoms with Gasteiger partial charge in [0.2, 0.25) is 0 Å². The van der Waals surface area contributed by atoms with Crippen LogP contribution in [0.1, 0.15) is 79.6 Å². The van der Waals surface area contributed by atoms with Crippen molar-refractivity contribution < 1.29 is 9.53 Å². The van der Waals surface area contributed by atoms with E-state index in [4.69, 9.17) is 4.74 Å². The molecule has 0 saturated carbocycles.